The number of hydrogen-bond acceptors (Lipinski definition) is 1. The second-order valence-corrected chi connectivity index (χ2v) is 4.63. The molecule has 1 amide bonds. The van der Waals surface area contributed by atoms with Crippen LogP contribution in [0.5, 0.6) is 0 Å². The van der Waals surface area contributed by atoms with E-state index in [1.807, 2.05) is 24.3 Å². The summed E-state index contributed by atoms with van der Waals surface area (Å²) in [4.78, 5) is 10.8. The van der Waals surface area contributed by atoms with Crippen molar-refractivity contribution in [3.05, 3.63) is 66.2 Å². The van der Waals surface area contributed by atoms with Crippen molar-refractivity contribution in [1.82, 2.24) is 5.32 Å². The average molecular weight is 265 g/mol. The molecule has 20 heavy (non-hydrogen) atoms. The second kappa shape index (κ2) is 7.29. The molecule has 0 radical (unpaired) electrons. The SMILES string of the molecule is CC(=O)NCCC=Cc1ccccc1-c1ccccc1. The van der Waals surface area contributed by atoms with Crippen molar-refractivity contribution >= 4 is 12.0 Å². The fourth-order valence-electron chi connectivity index (χ4n) is 2.06. The highest BCUT2D eigenvalue weighted by Crippen LogP contribution is 2.24. The van der Waals surface area contributed by atoms with Gasteiger partial charge in [0.05, 0.1) is 0 Å². The molecule has 0 fully saturated rings. The number of amides is 1. The summed E-state index contributed by atoms with van der Waals surface area (Å²) in [7, 11) is 0. The first-order valence-electron chi connectivity index (χ1n) is 6.83. The maximum absolute atomic E-state index is 10.8. The van der Waals surface area contributed by atoms with E-state index in [1.165, 1.54) is 23.6 Å². The highest BCUT2D eigenvalue weighted by Gasteiger charge is 2.00. The topological polar surface area (TPSA) is 29.1 Å². The first-order valence-corrected chi connectivity index (χ1v) is 6.83. The van der Waals surface area contributed by atoms with Crippen molar-refractivity contribution in [2.45, 2.75) is 13.3 Å². The summed E-state index contributed by atoms with van der Waals surface area (Å²) in [6.45, 7) is 2.22. The van der Waals surface area contributed by atoms with Gasteiger partial charge in [-0.2, -0.15) is 0 Å². The quantitative estimate of drug-likeness (QED) is 0.816. The average Bonchev–Trinajstić information content (AvgIpc) is 2.48. The molecule has 0 bridgehead atoms. The molecule has 102 valence electrons. The number of benzene rings is 2. The molecule has 2 heteroatoms. The summed E-state index contributed by atoms with van der Waals surface area (Å²) in [6.07, 6.45) is 5.05. The van der Waals surface area contributed by atoms with Crippen LogP contribution in [0, 0.1) is 0 Å². The molecular formula is C18H19NO. The van der Waals surface area contributed by atoms with E-state index in [-0.39, 0.29) is 5.91 Å². The van der Waals surface area contributed by atoms with Crippen molar-refractivity contribution in [1.29, 1.82) is 0 Å². The van der Waals surface area contributed by atoms with E-state index >= 15 is 0 Å². The molecule has 0 saturated carbocycles. The zero-order chi connectivity index (χ0) is 14.2. The minimum atomic E-state index is 0.0167. The third-order valence-corrected chi connectivity index (χ3v) is 3.03. The Labute approximate surface area is 120 Å². The van der Waals surface area contributed by atoms with Crippen molar-refractivity contribution in [2.24, 2.45) is 0 Å². The Kier molecular flexibility index (Phi) is 5.13. The predicted molar refractivity (Wildman–Crippen MR) is 84.2 cm³/mol. The molecule has 0 aromatic heterocycles. The van der Waals surface area contributed by atoms with Crippen molar-refractivity contribution in [3.8, 4) is 11.1 Å². The van der Waals surface area contributed by atoms with E-state index in [1.54, 1.807) is 0 Å². The maximum Gasteiger partial charge on any atom is 0.216 e. The normalized spacial score (nSPS) is 10.7. The van der Waals surface area contributed by atoms with Crippen LogP contribution in [0.15, 0.2) is 60.7 Å². The number of nitrogens with one attached hydrogen (secondary N) is 1. The third kappa shape index (κ3) is 4.09. The predicted octanol–water partition coefficient (Wildman–Crippen LogP) is 3.89. The summed E-state index contributed by atoms with van der Waals surface area (Å²) >= 11 is 0. The highest BCUT2D eigenvalue weighted by molar-refractivity contribution is 5.75. The minimum absolute atomic E-state index is 0.0167. The van der Waals surface area contributed by atoms with Gasteiger partial charge in [-0.15, -0.1) is 0 Å². The number of hydrogen-bond donors (Lipinski definition) is 1. The zero-order valence-electron chi connectivity index (χ0n) is 11.7. The first-order chi connectivity index (χ1) is 9.77. The Morgan fingerprint density at radius 2 is 1.75 bits per heavy atom. The van der Waals surface area contributed by atoms with Gasteiger partial charge >= 0.3 is 0 Å². The lowest BCUT2D eigenvalue weighted by Crippen LogP contribution is -2.20. The molecule has 0 atom stereocenters. The van der Waals surface area contributed by atoms with Crippen LogP contribution in [0.25, 0.3) is 17.2 Å². The summed E-state index contributed by atoms with van der Waals surface area (Å²) in [6, 6.07) is 18.7. The fraction of sp³-hybridized carbons (Fsp3) is 0.167. The smallest absolute Gasteiger partial charge is 0.216 e. The molecule has 2 nitrogen and oxygen atoms in total. The molecule has 0 aliphatic rings. The fourth-order valence-corrected chi connectivity index (χ4v) is 2.06. The van der Waals surface area contributed by atoms with Gasteiger partial charge in [0.15, 0.2) is 0 Å². The second-order valence-electron chi connectivity index (χ2n) is 4.63. The molecular weight excluding hydrogens is 246 g/mol. The summed E-state index contributed by atoms with van der Waals surface area (Å²) in [5.41, 5.74) is 3.64. The van der Waals surface area contributed by atoms with E-state index in [2.05, 4.69) is 47.8 Å². The third-order valence-electron chi connectivity index (χ3n) is 3.03. The molecule has 0 spiro atoms. The van der Waals surface area contributed by atoms with Gasteiger partial charge < -0.3 is 5.32 Å². The summed E-state index contributed by atoms with van der Waals surface area (Å²) in [5, 5.41) is 2.79. The van der Waals surface area contributed by atoms with Crippen LogP contribution in [-0.2, 0) is 4.79 Å². The van der Waals surface area contributed by atoms with Crippen LogP contribution < -0.4 is 5.32 Å². The van der Waals surface area contributed by atoms with Gasteiger partial charge in [-0.1, -0.05) is 66.7 Å². The Morgan fingerprint density at radius 3 is 2.50 bits per heavy atom. The molecule has 0 heterocycles. The maximum atomic E-state index is 10.8. The van der Waals surface area contributed by atoms with E-state index in [0.717, 1.165) is 6.42 Å². The number of carbonyl (C=O) groups is 1. The van der Waals surface area contributed by atoms with Gasteiger partial charge in [0.1, 0.15) is 0 Å². The van der Waals surface area contributed by atoms with E-state index in [4.69, 9.17) is 0 Å². The largest absolute Gasteiger partial charge is 0.356 e. The van der Waals surface area contributed by atoms with Crippen LogP contribution in [0.3, 0.4) is 0 Å². The zero-order valence-corrected chi connectivity index (χ0v) is 11.7. The van der Waals surface area contributed by atoms with Gasteiger partial charge in [0, 0.05) is 13.5 Å². The number of carbonyl (C=O) groups excluding carboxylic acids is 1. The lowest BCUT2D eigenvalue weighted by Gasteiger charge is -2.06. The lowest BCUT2D eigenvalue weighted by molar-refractivity contribution is -0.118. The van der Waals surface area contributed by atoms with Gasteiger partial charge in [0.25, 0.3) is 0 Å². The van der Waals surface area contributed by atoms with Gasteiger partial charge in [-0.25, -0.2) is 0 Å². The lowest BCUT2D eigenvalue weighted by atomic mass is 9.99. The standard InChI is InChI=1S/C18H19NO/c1-15(20)19-14-8-7-12-17-11-5-6-13-18(17)16-9-3-2-4-10-16/h2-7,9-13H,8,14H2,1H3,(H,19,20). The Balaban J connectivity index is 2.09. The van der Waals surface area contributed by atoms with Crippen molar-refractivity contribution < 1.29 is 4.79 Å². The molecule has 2 aromatic rings. The molecule has 2 rings (SSSR count). The Bertz CT molecular complexity index is 587. The molecule has 0 aliphatic carbocycles. The van der Waals surface area contributed by atoms with E-state index in [0.29, 0.717) is 6.54 Å². The van der Waals surface area contributed by atoms with Crippen molar-refractivity contribution in [3.63, 3.8) is 0 Å². The van der Waals surface area contributed by atoms with Gasteiger partial charge in [-0.3, -0.25) is 4.79 Å². The van der Waals surface area contributed by atoms with Crippen LogP contribution in [0.4, 0.5) is 0 Å². The van der Waals surface area contributed by atoms with Crippen LogP contribution >= 0.6 is 0 Å². The monoisotopic (exact) mass is 265 g/mol. The highest BCUT2D eigenvalue weighted by atomic mass is 16.1. The van der Waals surface area contributed by atoms with Gasteiger partial charge in [-0.05, 0) is 23.1 Å². The Hall–Kier alpha value is -2.35. The Morgan fingerprint density at radius 1 is 1.05 bits per heavy atom. The first kappa shape index (κ1) is 14.1. The van der Waals surface area contributed by atoms with Crippen molar-refractivity contribution in [2.75, 3.05) is 6.54 Å². The van der Waals surface area contributed by atoms with Crippen LogP contribution in [-0.4, -0.2) is 12.5 Å². The molecule has 2 aromatic carbocycles. The van der Waals surface area contributed by atoms with E-state index < -0.39 is 0 Å². The van der Waals surface area contributed by atoms with E-state index in [9.17, 15) is 4.79 Å². The molecule has 0 aliphatic heterocycles. The van der Waals surface area contributed by atoms with Crippen LogP contribution in [0.1, 0.15) is 18.9 Å². The van der Waals surface area contributed by atoms with Gasteiger partial charge in [0.2, 0.25) is 5.91 Å². The molecule has 0 saturated heterocycles. The number of rotatable bonds is 5. The summed E-state index contributed by atoms with van der Waals surface area (Å²) in [5.74, 6) is 0.0167. The summed E-state index contributed by atoms with van der Waals surface area (Å²) < 4.78 is 0. The minimum Gasteiger partial charge on any atom is -0.356 e. The molecule has 1 N–H and O–H groups in total. The van der Waals surface area contributed by atoms with Crippen LogP contribution in [0.2, 0.25) is 0 Å². The molecule has 0 unspecified atom stereocenters.